The number of carbonyl (C=O) groups is 1. The molecule has 2 heterocycles. The van der Waals surface area contributed by atoms with Crippen LogP contribution in [0.25, 0.3) is 0 Å². The molecule has 24 heavy (non-hydrogen) atoms. The van der Waals surface area contributed by atoms with Gasteiger partial charge in [-0.05, 0) is 61.9 Å². The number of urea groups is 1. The lowest BCUT2D eigenvalue weighted by Crippen LogP contribution is -2.45. The van der Waals surface area contributed by atoms with Gasteiger partial charge in [-0.3, -0.25) is 0 Å². The average Bonchev–Trinajstić information content (AvgIpc) is 3.14. The maximum atomic E-state index is 12.3. The van der Waals surface area contributed by atoms with E-state index in [2.05, 4.69) is 10.6 Å². The Hall–Kier alpha value is -1.46. The molecule has 2 aliphatic rings. The molecule has 0 aromatic heterocycles. The van der Waals surface area contributed by atoms with Crippen LogP contribution in [-0.2, 0) is 6.54 Å². The Balaban J connectivity index is 0.00000208. The summed E-state index contributed by atoms with van der Waals surface area (Å²) in [5, 5.41) is 6.47. The van der Waals surface area contributed by atoms with E-state index in [-0.39, 0.29) is 18.4 Å². The van der Waals surface area contributed by atoms with Gasteiger partial charge < -0.3 is 20.3 Å². The van der Waals surface area contributed by atoms with Crippen molar-refractivity contribution in [1.29, 1.82) is 0 Å². The summed E-state index contributed by atoms with van der Waals surface area (Å²) in [4.78, 5) is 14.3. The van der Waals surface area contributed by atoms with Crippen molar-refractivity contribution in [3.63, 3.8) is 0 Å². The largest absolute Gasteiger partial charge is 0.497 e. The van der Waals surface area contributed by atoms with Gasteiger partial charge in [0.2, 0.25) is 0 Å². The number of hydrogen-bond acceptors (Lipinski definition) is 3. The van der Waals surface area contributed by atoms with Crippen LogP contribution in [0.3, 0.4) is 0 Å². The van der Waals surface area contributed by atoms with Gasteiger partial charge in [0.05, 0.1) is 7.11 Å². The summed E-state index contributed by atoms with van der Waals surface area (Å²) in [5.41, 5.74) is 1.06. The maximum absolute atomic E-state index is 12.3. The smallest absolute Gasteiger partial charge is 0.317 e. The number of hydrogen-bond donors (Lipinski definition) is 2. The number of benzene rings is 1. The van der Waals surface area contributed by atoms with E-state index in [9.17, 15) is 4.79 Å². The lowest BCUT2D eigenvalue weighted by atomic mass is 9.84. The van der Waals surface area contributed by atoms with Crippen LogP contribution < -0.4 is 15.4 Å². The normalized spacial score (nSPS) is 21.2. The number of methoxy groups -OCH3 is 1. The number of ether oxygens (including phenoxy) is 1. The van der Waals surface area contributed by atoms with Gasteiger partial charge >= 0.3 is 6.03 Å². The molecule has 2 aliphatic heterocycles. The van der Waals surface area contributed by atoms with Gasteiger partial charge in [-0.2, -0.15) is 0 Å². The molecule has 0 aliphatic carbocycles. The fourth-order valence-corrected chi connectivity index (χ4v) is 3.73. The molecule has 6 heteroatoms. The van der Waals surface area contributed by atoms with Crippen LogP contribution in [0, 0.1) is 11.8 Å². The molecular weight excluding hydrogens is 326 g/mol. The lowest BCUT2D eigenvalue weighted by molar-refractivity contribution is 0.153. The molecule has 1 aromatic carbocycles. The van der Waals surface area contributed by atoms with Gasteiger partial charge in [0.15, 0.2) is 0 Å². The van der Waals surface area contributed by atoms with Crippen molar-refractivity contribution in [2.24, 2.45) is 11.8 Å². The van der Waals surface area contributed by atoms with Crippen LogP contribution in [0.2, 0.25) is 0 Å². The average molecular weight is 354 g/mol. The third-order valence-corrected chi connectivity index (χ3v) is 5.17. The number of halogens is 1. The highest BCUT2D eigenvalue weighted by Gasteiger charge is 2.29. The first-order valence-corrected chi connectivity index (χ1v) is 8.62. The maximum Gasteiger partial charge on any atom is 0.317 e. The lowest BCUT2D eigenvalue weighted by Gasteiger charge is -2.34. The van der Waals surface area contributed by atoms with Gasteiger partial charge in [-0.25, -0.2) is 4.79 Å². The molecule has 1 aromatic rings. The van der Waals surface area contributed by atoms with Crippen LogP contribution in [0.4, 0.5) is 4.79 Å². The molecule has 0 radical (unpaired) electrons. The standard InChI is InChI=1S/C18H27N3O2.ClH/c1-23-17-4-2-3-14(11-17)12-20-18(22)21-9-6-15(7-10-21)16-5-8-19-13-16;/h2-4,11,15-16,19H,5-10,12-13H2,1H3,(H,20,22);1H. The van der Waals surface area contributed by atoms with Crippen LogP contribution >= 0.6 is 12.4 Å². The molecule has 0 bridgehead atoms. The summed E-state index contributed by atoms with van der Waals surface area (Å²) < 4.78 is 5.21. The van der Waals surface area contributed by atoms with Crippen LogP contribution in [-0.4, -0.2) is 44.2 Å². The van der Waals surface area contributed by atoms with Crippen molar-refractivity contribution < 1.29 is 9.53 Å². The second kappa shape index (κ2) is 9.14. The Morgan fingerprint density at radius 2 is 2.08 bits per heavy atom. The zero-order valence-electron chi connectivity index (χ0n) is 14.3. The first-order chi connectivity index (χ1) is 11.3. The zero-order chi connectivity index (χ0) is 16.1. The van der Waals surface area contributed by atoms with E-state index in [1.54, 1.807) is 7.11 Å². The number of piperidine rings is 1. The first-order valence-electron chi connectivity index (χ1n) is 8.62. The van der Waals surface area contributed by atoms with E-state index in [0.29, 0.717) is 6.54 Å². The Morgan fingerprint density at radius 3 is 2.75 bits per heavy atom. The highest BCUT2D eigenvalue weighted by Crippen LogP contribution is 2.28. The summed E-state index contributed by atoms with van der Waals surface area (Å²) in [7, 11) is 1.65. The highest BCUT2D eigenvalue weighted by molar-refractivity contribution is 5.85. The quantitative estimate of drug-likeness (QED) is 0.875. The van der Waals surface area contributed by atoms with Gasteiger partial charge in [0.1, 0.15) is 5.75 Å². The van der Waals surface area contributed by atoms with Crippen molar-refractivity contribution in [1.82, 2.24) is 15.5 Å². The molecule has 134 valence electrons. The number of nitrogens with zero attached hydrogens (tertiary/aromatic N) is 1. The molecule has 5 nitrogen and oxygen atoms in total. The first kappa shape index (κ1) is 18.9. The third kappa shape index (κ3) is 4.77. The number of rotatable bonds is 4. The van der Waals surface area contributed by atoms with Gasteiger partial charge in [-0.15, -0.1) is 12.4 Å². The second-order valence-electron chi connectivity index (χ2n) is 6.59. The number of carbonyl (C=O) groups excluding carboxylic acids is 1. The Morgan fingerprint density at radius 1 is 1.29 bits per heavy atom. The summed E-state index contributed by atoms with van der Waals surface area (Å²) in [6.45, 7) is 4.62. The van der Waals surface area contributed by atoms with E-state index in [1.165, 1.54) is 6.42 Å². The van der Waals surface area contributed by atoms with Crippen LogP contribution in [0.15, 0.2) is 24.3 Å². The van der Waals surface area contributed by atoms with E-state index < -0.39 is 0 Å². The van der Waals surface area contributed by atoms with Crippen LogP contribution in [0.1, 0.15) is 24.8 Å². The van der Waals surface area contributed by atoms with E-state index >= 15 is 0 Å². The minimum Gasteiger partial charge on any atom is -0.497 e. The molecule has 1 unspecified atom stereocenters. The summed E-state index contributed by atoms with van der Waals surface area (Å²) in [6.07, 6.45) is 3.57. The van der Waals surface area contributed by atoms with Crippen LogP contribution in [0.5, 0.6) is 5.75 Å². The van der Waals surface area contributed by atoms with Crippen molar-refractivity contribution >= 4 is 18.4 Å². The summed E-state index contributed by atoms with van der Waals surface area (Å²) in [6, 6.07) is 7.87. The second-order valence-corrected chi connectivity index (χ2v) is 6.59. The fraction of sp³-hybridized carbons (Fsp3) is 0.611. The molecular formula is C18H28ClN3O2. The van der Waals surface area contributed by atoms with Crippen molar-refractivity contribution in [3.05, 3.63) is 29.8 Å². The van der Waals surface area contributed by atoms with Crippen molar-refractivity contribution in [3.8, 4) is 5.75 Å². The highest BCUT2D eigenvalue weighted by atomic mass is 35.5. The van der Waals surface area contributed by atoms with Crippen molar-refractivity contribution in [2.75, 3.05) is 33.3 Å². The monoisotopic (exact) mass is 353 g/mol. The Kier molecular flexibility index (Phi) is 7.18. The summed E-state index contributed by atoms with van der Waals surface area (Å²) in [5.74, 6) is 2.42. The molecule has 3 rings (SSSR count). The Bertz CT molecular complexity index is 527. The van der Waals surface area contributed by atoms with Gasteiger partial charge in [0.25, 0.3) is 0 Å². The predicted octanol–water partition coefficient (Wildman–Crippen LogP) is 2.65. The Labute approximate surface area is 150 Å². The number of nitrogens with one attached hydrogen (secondary N) is 2. The molecule has 0 spiro atoms. The predicted molar refractivity (Wildman–Crippen MR) is 97.8 cm³/mol. The van der Waals surface area contributed by atoms with E-state index in [4.69, 9.17) is 4.74 Å². The topological polar surface area (TPSA) is 53.6 Å². The summed E-state index contributed by atoms with van der Waals surface area (Å²) >= 11 is 0. The van der Waals surface area contributed by atoms with Gasteiger partial charge in [0, 0.05) is 19.6 Å². The SMILES string of the molecule is COc1cccc(CNC(=O)N2CCC(C3CCNC3)CC2)c1.Cl. The van der Waals surface area contributed by atoms with Crippen molar-refractivity contribution in [2.45, 2.75) is 25.8 Å². The molecule has 1 atom stereocenters. The molecule has 2 amide bonds. The zero-order valence-corrected chi connectivity index (χ0v) is 15.1. The number of likely N-dealkylation sites (tertiary alicyclic amines) is 1. The minimum absolute atomic E-state index is 0. The van der Waals surface area contributed by atoms with E-state index in [0.717, 1.165) is 62.2 Å². The fourth-order valence-electron chi connectivity index (χ4n) is 3.73. The molecule has 2 saturated heterocycles. The minimum atomic E-state index is 0. The van der Waals surface area contributed by atoms with E-state index in [1.807, 2.05) is 29.2 Å². The molecule has 2 fully saturated rings. The number of amides is 2. The third-order valence-electron chi connectivity index (χ3n) is 5.17. The van der Waals surface area contributed by atoms with Gasteiger partial charge in [-0.1, -0.05) is 12.1 Å². The molecule has 0 saturated carbocycles. The molecule has 2 N–H and O–H groups in total.